The molecular weight excluding hydrogens is 222 g/mol. The zero-order valence-electron chi connectivity index (χ0n) is 10.5. The fourth-order valence-electron chi connectivity index (χ4n) is 2.10. The Balaban J connectivity index is 2.17. The molecule has 2 unspecified atom stereocenters. The van der Waals surface area contributed by atoms with Crippen molar-refractivity contribution in [1.29, 1.82) is 0 Å². The number of aromatic nitrogens is 2. The highest BCUT2D eigenvalue weighted by atomic mass is 16.5. The minimum absolute atomic E-state index is 0.238. The summed E-state index contributed by atoms with van der Waals surface area (Å²) in [7, 11) is 5.37. The number of nitrogens with zero attached hydrogens (tertiary/aromatic N) is 3. The van der Waals surface area contributed by atoms with Crippen LogP contribution in [0.5, 0.6) is 5.75 Å². The smallest absolute Gasteiger partial charge is 0.162 e. The first kappa shape index (κ1) is 12.3. The van der Waals surface area contributed by atoms with Gasteiger partial charge in [-0.15, -0.1) is 0 Å². The molecule has 17 heavy (non-hydrogen) atoms. The number of hydrogen-bond donors (Lipinski definition) is 1. The number of aliphatic hydroxyl groups excluding tert-OH is 1. The lowest BCUT2D eigenvalue weighted by atomic mass is 10.1. The third-order valence-corrected chi connectivity index (χ3v) is 3.10. The average molecular weight is 241 g/mol. The number of rotatable bonds is 3. The van der Waals surface area contributed by atoms with Crippen molar-refractivity contribution in [2.75, 3.05) is 33.9 Å². The van der Waals surface area contributed by atoms with Crippen molar-refractivity contribution >= 4 is 0 Å². The zero-order chi connectivity index (χ0) is 12.4. The van der Waals surface area contributed by atoms with Crippen molar-refractivity contribution in [2.24, 2.45) is 7.05 Å². The number of likely N-dealkylation sites (N-methyl/N-ethyl adjacent to an activating group) is 1. The van der Waals surface area contributed by atoms with Crippen molar-refractivity contribution < 1.29 is 14.6 Å². The molecule has 1 saturated heterocycles. The van der Waals surface area contributed by atoms with E-state index < -0.39 is 6.10 Å². The van der Waals surface area contributed by atoms with Crippen LogP contribution < -0.4 is 4.74 Å². The van der Waals surface area contributed by atoms with Crippen LogP contribution in [0.2, 0.25) is 0 Å². The van der Waals surface area contributed by atoms with Gasteiger partial charge in [0.2, 0.25) is 0 Å². The van der Waals surface area contributed by atoms with E-state index in [9.17, 15) is 5.11 Å². The van der Waals surface area contributed by atoms with E-state index in [0.717, 1.165) is 6.54 Å². The fourth-order valence-corrected chi connectivity index (χ4v) is 2.10. The Morgan fingerprint density at radius 2 is 2.35 bits per heavy atom. The van der Waals surface area contributed by atoms with Crippen LogP contribution in [0.3, 0.4) is 0 Å². The summed E-state index contributed by atoms with van der Waals surface area (Å²) < 4.78 is 12.4. The molecule has 1 N–H and O–H groups in total. The van der Waals surface area contributed by atoms with Gasteiger partial charge in [0.1, 0.15) is 17.9 Å². The van der Waals surface area contributed by atoms with Gasteiger partial charge < -0.3 is 19.5 Å². The van der Waals surface area contributed by atoms with Gasteiger partial charge in [-0.05, 0) is 7.05 Å². The summed E-state index contributed by atoms with van der Waals surface area (Å²) in [6.07, 6.45) is 0.642. The molecule has 2 atom stereocenters. The summed E-state index contributed by atoms with van der Waals surface area (Å²) in [6.45, 7) is 2.24. The molecule has 0 bridgehead atoms. The number of hydrogen-bond acceptors (Lipinski definition) is 5. The predicted octanol–water partition coefficient (Wildman–Crippen LogP) is -0.207. The molecule has 0 aromatic carbocycles. The molecule has 0 aliphatic carbocycles. The average Bonchev–Trinajstić information content (AvgIpc) is 2.69. The van der Waals surface area contributed by atoms with Gasteiger partial charge in [0.25, 0.3) is 0 Å². The van der Waals surface area contributed by atoms with Crippen molar-refractivity contribution in [1.82, 2.24) is 14.7 Å². The first-order valence-corrected chi connectivity index (χ1v) is 5.67. The predicted molar refractivity (Wildman–Crippen MR) is 62.0 cm³/mol. The molecule has 0 radical (unpaired) electrons. The van der Waals surface area contributed by atoms with Crippen LogP contribution in [0.1, 0.15) is 11.8 Å². The van der Waals surface area contributed by atoms with Gasteiger partial charge in [-0.1, -0.05) is 0 Å². The first-order chi connectivity index (χ1) is 8.13. The van der Waals surface area contributed by atoms with Gasteiger partial charge in [0.05, 0.1) is 19.9 Å². The summed E-state index contributed by atoms with van der Waals surface area (Å²) in [5.74, 6) is 0.594. The third kappa shape index (κ3) is 2.43. The summed E-state index contributed by atoms with van der Waals surface area (Å²) in [4.78, 5) is 2.14. The molecule has 1 aliphatic heterocycles. The van der Waals surface area contributed by atoms with Crippen LogP contribution in [-0.2, 0) is 11.8 Å². The van der Waals surface area contributed by atoms with E-state index in [4.69, 9.17) is 9.47 Å². The highest BCUT2D eigenvalue weighted by Gasteiger charge is 2.30. The summed E-state index contributed by atoms with van der Waals surface area (Å²) in [5, 5.41) is 14.4. The minimum atomic E-state index is -0.722. The molecule has 6 nitrogen and oxygen atoms in total. The van der Waals surface area contributed by atoms with Gasteiger partial charge in [0, 0.05) is 20.1 Å². The Morgan fingerprint density at radius 1 is 1.59 bits per heavy atom. The van der Waals surface area contributed by atoms with Gasteiger partial charge in [-0.25, -0.2) is 0 Å². The number of methoxy groups -OCH3 is 1. The first-order valence-electron chi connectivity index (χ1n) is 5.67. The Bertz CT molecular complexity index is 380. The maximum Gasteiger partial charge on any atom is 0.162 e. The zero-order valence-corrected chi connectivity index (χ0v) is 10.5. The summed E-state index contributed by atoms with van der Waals surface area (Å²) in [6, 6.07) is 0. The molecule has 1 aromatic rings. The topological polar surface area (TPSA) is 59.8 Å². The molecule has 2 rings (SSSR count). The van der Waals surface area contributed by atoms with E-state index in [0.29, 0.717) is 24.6 Å². The number of morpholine rings is 1. The molecule has 1 aromatic heterocycles. The standard InChI is InChI=1S/C11H19N3O3/c1-13-4-5-17-9(7-13)11(15)10-8(16-3)6-12-14(10)2/h6,9,11,15H,4-5,7H2,1-3H3. The van der Waals surface area contributed by atoms with E-state index in [1.165, 1.54) is 0 Å². The van der Waals surface area contributed by atoms with E-state index in [2.05, 4.69) is 10.00 Å². The van der Waals surface area contributed by atoms with Crippen molar-refractivity contribution in [3.8, 4) is 5.75 Å². The lowest BCUT2D eigenvalue weighted by Crippen LogP contribution is -2.43. The molecule has 6 heteroatoms. The van der Waals surface area contributed by atoms with E-state index in [1.54, 1.807) is 25.0 Å². The molecule has 1 fully saturated rings. The van der Waals surface area contributed by atoms with Gasteiger partial charge in [0.15, 0.2) is 5.75 Å². The van der Waals surface area contributed by atoms with E-state index in [1.807, 2.05) is 7.05 Å². The van der Waals surface area contributed by atoms with Crippen molar-refractivity contribution in [2.45, 2.75) is 12.2 Å². The second-order valence-electron chi connectivity index (χ2n) is 4.34. The maximum atomic E-state index is 10.4. The maximum absolute atomic E-state index is 10.4. The lowest BCUT2D eigenvalue weighted by molar-refractivity contribution is -0.0871. The Morgan fingerprint density at radius 3 is 3.00 bits per heavy atom. The van der Waals surface area contributed by atoms with Crippen molar-refractivity contribution in [3.05, 3.63) is 11.9 Å². The van der Waals surface area contributed by atoms with Gasteiger partial charge >= 0.3 is 0 Å². The normalized spacial score (nSPS) is 23.6. The number of aryl methyl sites for hydroxylation is 1. The van der Waals surface area contributed by atoms with Crippen LogP contribution in [-0.4, -0.2) is 59.7 Å². The van der Waals surface area contributed by atoms with Crippen LogP contribution >= 0.6 is 0 Å². The Kier molecular flexibility index (Phi) is 3.66. The second-order valence-corrected chi connectivity index (χ2v) is 4.34. The monoisotopic (exact) mass is 241 g/mol. The van der Waals surface area contributed by atoms with E-state index >= 15 is 0 Å². The molecule has 1 aliphatic rings. The van der Waals surface area contributed by atoms with Gasteiger partial charge in [-0.2, -0.15) is 5.10 Å². The molecule has 96 valence electrons. The molecule has 0 amide bonds. The highest BCUT2D eigenvalue weighted by Crippen LogP contribution is 2.28. The fraction of sp³-hybridized carbons (Fsp3) is 0.727. The number of ether oxygens (including phenoxy) is 2. The number of aliphatic hydroxyl groups is 1. The van der Waals surface area contributed by atoms with Crippen LogP contribution in [0.15, 0.2) is 6.20 Å². The molecular formula is C11H19N3O3. The second kappa shape index (κ2) is 5.03. The third-order valence-electron chi connectivity index (χ3n) is 3.10. The quantitative estimate of drug-likeness (QED) is 0.793. The molecule has 2 heterocycles. The van der Waals surface area contributed by atoms with Crippen LogP contribution in [0, 0.1) is 0 Å². The Labute approximate surface area is 101 Å². The Hall–Kier alpha value is -1.11. The van der Waals surface area contributed by atoms with Crippen LogP contribution in [0.4, 0.5) is 0 Å². The van der Waals surface area contributed by atoms with E-state index in [-0.39, 0.29) is 6.10 Å². The summed E-state index contributed by atoms with van der Waals surface area (Å²) in [5.41, 5.74) is 0.660. The minimum Gasteiger partial charge on any atom is -0.493 e. The molecule has 0 spiro atoms. The van der Waals surface area contributed by atoms with Crippen LogP contribution in [0.25, 0.3) is 0 Å². The van der Waals surface area contributed by atoms with Crippen molar-refractivity contribution in [3.63, 3.8) is 0 Å². The SMILES string of the molecule is COc1cnn(C)c1C(O)C1CN(C)CCO1. The largest absolute Gasteiger partial charge is 0.493 e. The lowest BCUT2D eigenvalue weighted by Gasteiger charge is -2.33. The van der Waals surface area contributed by atoms with Gasteiger partial charge in [-0.3, -0.25) is 4.68 Å². The highest BCUT2D eigenvalue weighted by molar-refractivity contribution is 5.28. The molecule has 0 saturated carbocycles. The summed E-state index contributed by atoms with van der Waals surface area (Å²) >= 11 is 0.